The summed E-state index contributed by atoms with van der Waals surface area (Å²) in [6.07, 6.45) is 0.607. The molecule has 1 nitrogen and oxygen atoms in total. The Morgan fingerprint density at radius 1 is 0.944 bits per heavy atom. The van der Waals surface area contributed by atoms with Gasteiger partial charge in [0.25, 0.3) is 0 Å². The van der Waals surface area contributed by atoms with Crippen molar-refractivity contribution in [3.63, 3.8) is 0 Å². The maximum Gasteiger partial charge on any atom is 0.0453 e. The molecule has 0 aliphatic carbocycles. The summed E-state index contributed by atoms with van der Waals surface area (Å²) in [5.74, 6) is 0. The average molecular weight is 280 g/mol. The lowest BCUT2D eigenvalue weighted by Crippen LogP contribution is -2.35. The van der Waals surface area contributed by atoms with Gasteiger partial charge in [-0.15, -0.1) is 0 Å². The van der Waals surface area contributed by atoms with E-state index in [-0.39, 0.29) is 0 Å². The first-order valence-electron chi connectivity index (χ1n) is 5.78. The number of hydrogen-bond donors (Lipinski definition) is 1. The third kappa shape index (κ3) is 2.86. The van der Waals surface area contributed by atoms with Gasteiger partial charge in [-0.05, 0) is 36.6 Å². The van der Waals surface area contributed by atoms with Crippen LogP contribution in [0.1, 0.15) is 18.1 Å². The van der Waals surface area contributed by atoms with Gasteiger partial charge < -0.3 is 5.73 Å². The van der Waals surface area contributed by atoms with Crippen molar-refractivity contribution in [1.29, 1.82) is 0 Å². The Bertz CT molecular complexity index is 515. The summed E-state index contributed by atoms with van der Waals surface area (Å²) in [5.41, 5.74) is 7.87. The van der Waals surface area contributed by atoms with Crippen LogP contribution in [0, 0.1) is 0 Å². The van der Waals surface area contributed by atoms with Crippen molar-refractivity contribution in [2.75, 3.05) is 0 Å². The predicted molar refractivity (Wildman–Crippen MR) is 78.1 cm³/mol. The minimum absolute atomic E-state index is 0.490. The van der Waals surface area contributed by atoms with Crippen LogP contribution < -0.4 is 5.73 Å². The van der Waals surface area contributed by atoms with Crippen molar-refractivity contribution in [3.8, 4) is 0 Å². The number of hydrogen-bond acceptors (Lipinski definition) is 1. The summed E-state index contributed by atoms with van der Waals surface area (Å²) in [7, 11) is 0. The summed E-state index contributed by atoms with van der Waals surface area (Å²) < 4.78 is 0. The lowest BCUT2D eigenvalue weighted by Gasteiger charge is -2.26. The van der Waals surface area contributed by atoms with Crippen molar-refractivity contribution in [1.82, 2.24) is 0 Å². The maximum atomic E-state index is 6.39. The average Bonchev–Trinajstić information content (AvgIpc) is 2.35. The van der Waals surface area contributed by atoms with Crippen molar-refractivity contribution in [2.24, 2.45) is 5.73 Å². The zero-order valence-corrected chi connectivity index (χ0v) is 11.7. The molecule has 3 heteroatoms. The second-order valence-electron chi connectivity index (χ2n) is 4.66. The van der Waals surface area contributed by atoms with Gasteiger partial charge in [0.05, 0.1) is 0 Å². The summed E-state index contributed by atoms with van der Waals surface area (Å²) >= 11 is 12.4. The molecule has 0 aliphatic heterocycles. The molecule has 0 radical (unpaired) electrons. The molecule has 0 saturated carbocycles. The van der Waals surface area contributed by atoms with Crippen molar-refractivity contribution in [2.45, 2.75) is 18.9 Å². The van der Waals surface area contributed by atoms with E-state index in [9.17, 15) is 0 Å². The highest BCUT2D eigenvalue weighted by atomic mass is 35.5. The lowest BCUT2D eigenvalue weighted by molar-refractivity contribution is 0.491. The van der Waals surface area contributed by atoms with Crippen LogP contribution in [0.5, 0.6) is 0 Å². The minimum atomic E-state index is -0.490. The zero-order valence-electron chi connectivity index (χ0n) is 10.2. The molecule has 2 aromatic carbocycles. The van der Waals surface area contributed by atoms with Crippen LogP contribution in [-0.2, 0) is 12.0 Å². The molecule has 2 aromatic rings. The van der Waals surface area contributed by atoms with Crippen LogP contribution in [0.3, 0.4) is 0 Å². The smallest absolute Gasteiger partial charge is 0.0453 e. The fraction of sp³-hybridized carbons (Fsp3) is 0.200. The lowest BCUT2D eigenvalue weighted by atomic mass is 9.86. The zero-order chi connectivity index (χ0) is 13.2. The van der Waals surface area contributed by atoms with Crippen LogP contribution in [0.4, 0.5) is 0 Å². The number of halogens is 2. The molecule has 1 atom stereocenters. The molecule has 2 rings (SSSR count). The highest BCUT2D eigenvalue weighted by molar-refractivity contribution is 6.36. The van der Waals surface area contributed by atoms with Crippen LogP contribution in [0.2, 0.25) is 10.0 Å². The van der Waals surface area contributed by atoms with Crippen LogP contribution in [0.15, 0.2) is 48.5 Å². The molecular formula is C15H15Cl2N. The number of benzene rings is 2. The van der Waals surface area contributed by atoms with E-state index in [0.717, 1.165) is 11.1 Å². The Kier molecular flexibility index (Phi) is 3.96. The quantitative estimate of drug-likeness (QED) is 0.885. The Morgan fingerprint density at radius 3 is 2.06 bits per heavy atom. The van der Waals surface area contributed by atoms with Crippen LogP contribution >= 0.6 is 23.2 Å². The van der Waals surface area contributed by atoms with E-state index in [0.29, 0.717) is 16.5 Å². The second-order valence-corrected chi connectivity index (χ2v) is 5.47. The summed E-state index contributed by atoms with van der Waals surface area (Å²) in [6, 6.07) is 15.5. The molecule has 0 aliphatic rings. The Balaban J connectivity index is 2.34. The summed E-state index contributed by atoms with van der Waals surface area (Å²) in [6.45, 7) is 1.99. The van der Waals surface area contributed by atoms with E-state index in [1.54, 1.807) is 0 Å². The highest BCUT2D eigenvalue weighted by Gasteiger charge is 2.23. The molecule has 0 heterocycles. The molecule has 94 valence electrons. The van der Waals surface area contributed by atoms with E-state index in [1.165, 1.54) is 0 Å². The molecule has 0 saturated heterocycles. The van der Waals surface area contributed by atoms with E-state index in [1.807, 2.05) is 55.5 Å². The largest absolute Gasteiger partial charge is 0.321 e. The van der Waals surface area contributed by atoms with Crippen molar-refractivity contribution < 1.29 is 0 Å². The van der Waals surface area contributed by atoms with E-state index < -0.39 is 5.54 Å². The first kappa shape index (κ1) is 13.4. The van der Waals surface area contributed by atoms with Gasteiger partial charge in [-0.3, -0.25) is 0 Å². The minimum Gasteiger partial charge on any atom is -0.321 e. The first-order valence-corrected chi connectivity index (χ1v) is 6.53. The number of rotatable bonds is 3. The second kappa shape index (κ2) is 5.31. The van der Waals surface area contributed by atoms with Gasteiger partial charge in [-0.2, -0.15) is 0 Å². The van der Waals surface area contributed by atoms with Gasteiger partial charge in [0.15, 0.2) is 0 Å². The van der Waals surface area contributed by atoms with Crippen molar-refractivity contribution >= 4 is 23.2 Å². The fourth-order valence-electron chi connectivity index (χ4n) is 1.99. The molecule has 2 N–H and O–H groups in total. The molecule has 0 fully saturated rings. The third-order valence-corrected chi connectivity index (χ3v) is 3.75. The standard InChI is InChI=1S/C15H15Cl2N/c1-15(18,11-6-3-2-4-7-11)10-12-13(16)8-5-9-14(12)17/h2-9H,10,18H2,1H3. The predicted octanol–water partition coefficient (Wildman–Crippen LogP) is 4.41. The molecule has 0 aromatic heterocycles. The van der Waals surface area contributed by atoms with Crippen LogP contribution in [0.25, 0.3) is 0 Å². The van der Waals surface area contributed by atoms with Gasteiger partial charge in [0.2, 0.25) is 0 Å². The summed E-state index contributed by atoms with van der Waals surface area (Å²) in [4.78, 5) is 0. The van der Waals surface area contributed by atoms with Gasteiger partial charge in [0, 0.05) is 15.6 Å². The fourth-order valence-corrected chi connectivity index (χ4v) is 2.52. The van der Waals surface area contributed by atoms with Gasteiger partial charge in [0.1, 0.15) is 0 Å². The first-order chi connectivity index (χ1) is 8.50. The Hall–Kier alpha value is -1.02. The van der Waals surface area contributed by atoms with Crippen molar-refractivity contribution in [3.05, 3.63) is 69.7 Å². The monoisotopic (exact) mass is 279 g/mol. The summed E-state index contributed by atoms with van der Waals surface area (Å²) in [5, 5.41) is 1.32. The van der Waals surface area contributed by atoms with Crippen LogP contribution in [-0.4, -0.2) is 0 Å². The molecule has 0 spiro atoms. The number of nitrogens with two attached hydrogens (primary N) is 1. The van der Waals surface area contributed by atoms with Gasteiger partial charge in [-0.1, -0.05) is 59.6 Å². The van der Waals surface area contributed by atoms with Gasteiger partial charge >= 0.3 is 0 Å². The Morgan fingerprint density at radius 2 is 1.50 bits per heavy atom. The van der Waals surface area contributed by atoms with E-state index >= 15 is 0 Å². The molecule has 0 amide bonds. The topological polar surface area (TPSA) is 26.0 Å². The van der Waals surface area contributed by atoms with Gasteiger partial charge in [-0.25, -0.2) is 0 Å². The van der Waals surface area contributed by atoms with E-state index in [2.05, 4.69) is 0 Å². The maximum absolute atomic E-state index is 6.39. The molecular weight excluding hydrogens is 265 g/mol. The Labute approximate surface area is 118 Å². The highest BCUT2D eigenvalue weighted by Crippen LogP contribution is 2.31. The molecule has 0 bridgehead atoms. The molecule has 1 unspecified atom stereocenters. The third-order valence-electron chi connectivity index (χ3n) is 3.04. The SMILES string of the molecule is CC(N)(Cc1c(Cl)cccc1Cl)c1ccccc1. The normalized spacial score (nSPS) is 14.2. The molecule has 18 heavy (non-hydrogen) atoms. The van der Waals surface area contributed by atoms with E-state index in [4.69, 9.17) is 28.9 Å².